The highest BCUT2D eigenvalue weighted by atomic mass is 16.5. The van der Waals surface area contributed by atoms with E-state index in [1.54, 1.807) is 7.11 Å². The summed E-state index contributed by atoms with van der Waals surface area (Å²) in [5.41, 5.74) is 1.73. The number of amides is 2. The third-order valence-electron chi connectivity index (χ3n) is 4.50. The van der Waals surface area contributed by atoms with Gasteiger partial charge < -0.3 is 14.5 Å². The number of methoxy groups -OCH3 is 1. The Morgan fingerprint density at radius 3 is 2.29 bits per heavy atom. The van der Waals surface area contributed by atoms with Gasteiger partial charge in [-0.2, -0.15) is 0 Å². The van der Waals surface area contributed by atoms with Gasteiger partial charge in [-0.05, 0) is 30.0 Å². The van der Waals surface area contributed by atoms with Crippen molar-refractivity contribution in [1.29, 1.82) is 0 Å². The van der Waals surface area contributed by atoms with Crippen LogP contribution in [0.25, 0.3) is 0 Å². The molecule has 0 aliphatic carbocycles. The van der Waals surface area contributed by atoms with E-state index in [2.05, 4.69) is 13.8 Å². The van der Waals surface area contributed by atoms with Crippen molar-refractivity contribution in [3.63, 3.8) is 0 Å². The van der Waals surface area contributed by atoms with Crippen LogP contribution in [-0.2, 0) is 4.79 Å². The second kappa shape index (κ2) is 8.18. The number of rotatable bonds is 5. The first-order chi connectivity index (χ1) is 11.5. The summed E-state index contributed by atoms with van der Waals surface area (Å²) in [5, 5.41) is 0. The van der Waals surface area contributed by atoms with Crippen LogP contribution in [0.4, 0.5) is 0 Å². The molecule has 1 aromatic carbocycles. The first-order valence-corrected chi connectivity index (χ1v) is 8.72. The average molecular weight is 332 g/mol. The van der Waals surface area contributed by atoms with E-state index < -0.39 is 0 Å². The Hall–Kier alpha value is -2.04. The molecule has 0 spiro atoms. The maximum atomic E-state index is 12.9. The van der Waals surface area contributed by atoms with Crippen molar-refractivity contribution in [1.82, 2.24) is 9.80 Å². The Morgan fingerprint density at radius 2 is 1.75 bits per heavy atom. The van der Waals surface area contributed by atoms with Gasteiger partial charge in [0, 0.05) is 32.6 Å². The molecule has 132 valence electrons. The molecule has 1 fully saturated rings. The van der Waals surface area contributed by atoms with Gasteiger partial charge in [-0.1, -0.05) is 26.8 Å². The van der Waals surface area contributed by atoms with E-state index in [0.29, 0.717) is 49.8 Å². The predicted octanol–water partition coefficient (Wildman–Crippen LogP) is 2.90. The minimum Gasteiger partial charge on any atom is -0.496 e. The van der Waals surface area contributed by atoms with Crippen LogP contribution >= 0.6 is 0 Å². The lowest BCUT2D eigenvalue weighted by molar-refractivity contribution is -0.132. The highest BCUT2D eigenvalue weighted by Crippen LogP contribution is 2.26. The van der Waals surface area contributed by atoms with Crippen molar-refractivity contribution in [2.45, 2.75) is 39.5 Å². The first kappa shape index (κ1) is 18.3. The van der Waals surface area contributed by atoms with E-state index >= 15 is 0 Å². The fourth-order valence-corrected chi connectivity index (χ4v) is 2.95. The summed E-state index contributed by atoms with van der Waals surface area (Å²) in [6.07, 6.45) is 1.44. The van der Waals surface area contributed by atoms with Crippen LogP contribution in [0.5, 0.6) is 5.75 Å². The van der Waals surface area contributed by atoms with Gasteiger partial charge in [0.05, 0.1) is 12.7 Å². The molecule has 0 atom stereocenters. The SMILES string of the molecule is CCCC(=O)N1CCN(C(=O)c2cc(C(C)C)ccc2OC)CC1. The van der Waals surface area contributed by atoms with Gasteiger partial charge in [-0.25, -0.2) is 0 Å². The third kappa shape index (κ3) is 4.08. The molecule has 0 saturated carbocycles. The summed E-state index contributed by atoms with van der Waals surface area (Å²) in [7, 11) is 1.59. The van der Waals surface area contributed by atoms with Gasteiger partial charge in [0.1, 0.15) is 5.75 Å². The molecule has 24 heavy (non-hydrogen) atoms. The molecular weight excluding hydrogens is 304 g/mol. The zero-order valence-corrected chi connectivity index (χ0v) is 15.2. The Kier molecular flexibility index (Phi) is 6.23. The van der Waals surface area contributed by atoms with Crippen LogP contribution < -0.4 is 4.74 Å². The molecule has 1 aliphatic rings. The van der Waals surface area contributed by atoms with Gasteiger partial charge >= 0.3 is 0 Å². The first-order valence-electron chi connectivity index (χ1n) is 8.72. The Labute approximate surface area is 144 Å². The zero-order valence-electron chi connectivity index (χ0n) is 15.2. The number of carbonyl (C=O) groups excluding carboxylic acids is 2. The molecule has 2 rings (SSSR count). The Morgan fingerprint density at radius 1 is 1.12 bits per heavy atom. The maximum absolute atomic E-state index is 12.9. The number of carbonyl (C=O) groups is 2. The summed E-state index contributed by atoms with van der Waals surface area (Å²) < 4.78 is 5.37. The van der Waals surface area contributed by atoms with E-state index in [4.69, 9.17) is 4.74 Å². The highest BCUT2D eigenvalue weighted by molar-refractivity contribution is 5.97. The largest absolute Gasteiger partial charge is 0.496 e. The van der Waals surface area contributed by atoms with Crippen LogP contribution in [0, 0.1) is 0 Å². The lowest BCUT2D eigenvalue weighted by Gasteiger charge is -2.35. The summed E-state index contributed by atoms with van der Waals surface area (Å²) in [6, 6.07) is 5.80. The van der Waals surface area contributed by atoms with Crippen molar-refractivity contribution in [2.24, 2.45) is 0 Å². The lowest BCUT2D eigenvalue weighted by Crippen LogP contribution is -2.50. The summed E-state index contributed by atoms with van der Waals surface area (Å²) in [6.45, 7) is 8.58. The lowest BCUT2D eigenvalue weighted by atomic mass is 9.99. The summed E-state index contributed by atoms with van der Waals surface area (Å²) in [4.78, 5) is 28.5. The molecule has 1 aromatic rings. The molecule has 0 bridgehead atoms. The van der Waals surface area contributed by atoms with Gasteiger partial charge in [0.2, 0.25) is 5.91 Å². The molecule has 0 aromatic heterocycles. The summed E-state index contributed by atoms with van der Waals surface area (Å²) in [5.74, 6) is 1.13. The van der Waals surface area contributed by atoms with E-state index in [0.717, 1.165) is 12.0 Å². The third-order valence-corrected chi connectivity index (χ3v) is 4.50. The Balaban J connectivity index is 2.10. The molecule has 2 amide bonds. The van der Waals surface area contributed by atoms with Crippen molar-refractivity contribution in [3.8, 4) is 5.75 Å². The van der Waals surface area contributed by atoms with Crippen molar-refractivity contribution < 1.29 is 14.3 Å². The maximum Gasteiger partial charge on any atom is 0.257 e. The molecule has 0 N–H and O–H groups in total. The van der Waals surface area contributed by atoms with Crippen LogP contribution in [-0.4, -0.2) is 54.9 Å². The molecule has 1 saturated heterocycles. The second-order valence-corrected chi connectivity index (χ2v) is 6.54. The fourth-order valence-electron chi connectivity index (χ4n) is 2.95. The van der Waals surface area contributed by atoms with Crippen LogP contribution in [0.15, 0.2) is 18.2 Å². The van der Waals surface area contributed by atoms with Gasteiger partial charge in [-0.15, -0.1) is 0 Å². The van der Waals surface area contributed by atoms with E-state index in [9.17, 15) is 9.59 Å². The van der Waals surface area contributed by atoms with Gasteiger partial charge in [0.15, 0.2) is 0 Å². The molecule has 5 heteroatoms. The number of hydrogen-bond donors (Lipinski definition) is 0. The number of piperazine rings is 1. The fraction of sp³-hybridized carbons (Fsp3) is 0.579. The van der Waals surface area contributed by atoms with Crippen molar-refractivity contribution >= 4 is 11.8 Å². The molecule has 0 radical (unpaired) electrons. The number of nitrogens with zero attached hydrogens (tertiary/aromatic N) is 2. The van der Waals surface area contributed by atoms with Gasteiger partial charge in [-0.3, -0.25) is 9.59 Å². The Bertz CT molecular complexity index is 590. The predicted molar refractivity (Wildman–Crippen MR) is 94.5 cm³/mol. The van der Waals surface area contributed by atoms with Crippen LogP contribution in [0.2, 0.25) is 0 Å². The number of hydrogen-bond acceptors (Lipinski definition) is 3. The number of benzene rings is 1. The standard InChI is InChI=1S/C19H28N2O3/c1-5-6-18(22)20-9-11-21(12-10-20)19(23)16-13-15(14(2)3)7-8-17(16)24-4/h7-8,13-14H,5-6,9-12H2,1-4H3. The normalized spacial score (nSPS) is 14.9. The zero-order chi connectivity index (χ0) is 17.7. The van der Waals surface area contributed by atoms with Crippen molar-refractivity contribution in [2.75, 3.05) is 33.3 Å². The van der Waals surface area contributed by atoms with Crippen LogP contribution in [0.3, 0.4) is 0 Å². The van der Waals surface area contributed by atoms with E-state index in [-0.39, 0.29) is 11.8 Å². The molecule has 5 nitrogen and oxygen atoms in total. The van der Waals surface area contributed by atoms with Crippen LogP contribution in [0.1, 0.15) is 55.5 Å². The smallest absolute Gasteiger partial charge is 0.257 e. The number of ether oxygens (including phenoxy) is 1. The quantitative estimate of drug-likeness (QED) is 0.833. The molecular formula is C19H28N2O3. The van der Waals surface area contributed by atoms with Crippen molar-refractivity contribution in [3.05, 3.63) is 29.3 Å². The average Bonchev–Trinajstić information content (AvgIpc) is 2.60. The minimum absolute atomic E-state index is 0.0167. The summed E-state index contributed by atoms with van der Waals surface area (Å²) >= 11 is 0. The molecule has 0 unspecified atom stereocenters. The van der Waals surface area contributed by atoms with E-state index in [1.807, 2.05) is 34.9 Å². The molecule has 1 heterocycles. The van der Waals surface area contributed by atoms with Gasteiger partial charge in [0.25, 0.3) is 5.91 Å². The molecule has 1 aliphatic heterocycles. The highest BCUT2D eigenvalue weighted by Gasteiger charge is 2.26. The van der Waals surface area contributed by atoms with E-state index in [1.165, 1.54) is 0 Å². The minimum atomic E-state index is -0.0167. The topological polar surface area (TPSA) is 49.9 Å². The second-order valence-electron chi connectivity index (χ2n) is 6.54. The monoisotopic (exact) mass is 332 g/mol.